The molecule has 1 aromatic rings. The molecule has 5 nitrogen and oxygen atoms in total. The van der Waals surface area contributed by atoms with Gasteiger partial charge >= 0.3 is 0 Å². The largest absolute Gasteiger partial charge is 0.312 e. The molecule has 7 heteroatoms. The Bertz CT molecular complexity index is 415. The number of benzene rings is 1. The molecule has 0 spiro atoms. The summed E-state index contributed by atoms with van der Waals surface area (Å²) in [6.45, 7) is 6.41. The molecule has 0 bridgehead atoms. The Kier molecular flexibility index (Phi) is 8.73. The van der Waals surface area contributed by atoms with Crippen LogP contribution in [0.1, 0.15) is 12.5 Å². The molecular formula is C13H21Cl2N3O2. The summed E-state index contributed by atoms with van der Waals surface area (Å²) in [4.78, 5) is 12.6. The van der Waals surface area contributed by atoms with Gasteiger partial charge in [0, 0.05) is 44.4 Å². The number of nitrogens with zero attached hydrogens (tertiary/aromatic N) is 2. The lowest BCUT2D eigenvalue weighted by atomic mass is 10.1. The summed E-state index contributed by atoms with van der Waals surface area (Å²) in [6.07, 6.45) is 0.949. The molecule has 0 aliphatic carbocycles. The molecule has 0 unspecified atom stereocenters. The molecule has 1 aliphatic rings. The van der Waals surface area contributed by atoms with Crippen LogP contribution in [0.25, 0.3) is 0 Å². The zero-order chi connectivity index (χ0) is 13.0. The first-order valence-corrected chi connectivity index (χ1v) is 6.34. The first kappa shape index (κ1) is 19.1. The van der Waals surface area contributed by atoms with E-state index in [9.17, 15) is 10.1 Å². The molecule has 0 radical (unpaired) electrons. The Labute approximate surface area is 131 Å². The highest BCUT2D eigenvalue weighted by atomic mass is 35.5. The summed E-state index contributed by atoms with van der Waals surface area (Å²) in [5, 5.41) is 14.0. The molecule has 20 heavy (non-hydrogen) atoms. The smallest absolute Gasteiger partial charge is 0.269 e. The number of nitro benzene ring substituents is 1. The Morgan fingerprint density at radius 1 is 1.35 bits per heavy atom. The van der Waals surface area contributed by atoms with Gasteiger partial charge in [0.25, 0.3) is 5.69 Å². The fraction of sp³-hybridized carbons (Fsp3) is 0.538. The first-order chi connectivity index (χ1) is 8.65. The van der Waals surface area contributed by atoms with E-state index in [1.807, 2.05) is 12.1 Å². The molecule has 1 heterocycles. The summed E-state index contributed by atoms with van der Waals surface area (Å²) in [5.74, 6) is 0. The second kappa shape index (κ2) is 9.13. The van der Waals surface area contributed by atoms with E-state index in [0.29, 0.717) is 6.04 Å². The maximum Gasteiger partial charge on any atom is 0.269 e. The zero-order valence-corrected chi connectivity index (χ0v) is 13.1. The third-order valence-electron chi connectivity index (χ3n) is 3.32. The van der Waals surface area contributed by atoms with E-state index in [1.54, 1.807) is 12.1 Å². The van der Waals surface area contributed by atoms with Gasteiger partial charge in [-0.25, -0.2) is 0 Å². The van der Waals surface area contributed by atoms with E-state index in [4.69, 9.17) is 0 Å². The van der Waals surface area contributed by atoms with Crippen LogP contribution in [0.4, 0.5) is 5.69 Å². The van der Waals surface area contributed by atoms with Gasteiger partial charge in [-0.2, -0.15) is 0 Å². The van der Waals surface area contributed by atoms with Crippen LogP contribution in [0.2, 0.25) is 0 Å². The maximum absolute atomic E-state index is 10.5. The van der Waals surface area contributed by atoms with Crippen molar-refractivity contribution in [1.82, 2.24) is 10.2 Å². The second-order valence-corrected chi connectivity index (χ2v) is 4.83. The van der Waals surface area contributed by atoms with Crippen LogP contribution < -0.4 is 5.32 Å². The van der Waals surface area contributed by atoms with Crippen LogP contribution in [0.3, 0.4) is 0 Å². The first-order valence-electron chi connectivity index (χ1n) is 6.34. The minimum Gasteiger partial charge on any atom is -0.312 e. The van der Waals surface area contributed by atoms with Crippen molar-refractivity contribution in [3.8, 4) is 0 Å². The number of piperazine rings is 1. The van der Waals surface area contributed by atoms with E-state index < -0.39 is 0 Å². The minimum atomic E-state index is -0.359. The van der Waals surface area contributed by atoms with Crippen molar-refractivity contribution >= 4 is 30.5 Å². The predicted molar refractivity (Wildman–Crippen MR) is 85.2 cm³/mol. The normalized spacial score (nSPS) is 18.8. The maximum atomic E-state index is 10.5. The van der Waals surface area contributed by atoms with Crippen molar-refractivity contribution in [2.24, 2.45) is 0 Å². The van der Waals surface area contributed by atoms with E-state index in [0.717, 1.165) is 38.2 Å². The molecule has 0 aromatic heterocycles. The minimum absolute atomic E-state index is 0. The van der Waals surface area contributed by atoms with Crippen LogP contribution in [0.5, 0.6) is 0 Å². The second-order valence-electron chi connectivity index (χ2n) is 4.83. The van der Waals surface area contributed by atoms with Gasteiger partial charge in [0.05, 0.1) is 4.92 Å². The van der Waals surface area contributed by atoms with Gasteiger partial charge in [-0.1, -0.05) is 12.1 Å². The van der Waals surface area contributed by atoms with E-state index in [-0.39, 0.29) is 35.4 Å². The lowest BCUT2D eigenvalue weighted by Crippen LogP contribution is -2.49. The molecular weight excluding hydrogens is 301 g/mol. The lowest BCUT2D eigenvalue weighted by Gasteiger charge is -2.31. The Morgan fingerprint density at radius 3 is 2.55 bits per heavy atom. The van der Waals surface area contributed by atoms with E-state index in [2.05, 4.69) is 17.1 Å². The Hall–Kier alpha value is -0.880. The fourth-order valence-electron chi connectivity index (χ4n) is 2.29. The van der Waals surface area contributed by atoms with Crippen LogP contribution >= 0.6 is 24.8 Å². The molecule has 1 N–H and O–H groups in total. The topological polar surface area (TPSA) is 58.4 Å². The standard InChI is InChI=1S/C13H19N3O2.2ClH/c1-11-10-15(9-7-14-11)8-6-12-2-4-13(5-3-12)16(17)18;;/h2-5,11,14H,6-10H2,1H3;2*1H/t11-;;/m1../s1. The number of halogens is 2. The summed E-state index contributed by atoms with van der Waals surface area (Å²) in [6, 6.07) is 7.41. The number of hydrogen-bond donors (Lipinski definition) is 1. The third-order valence-corrected chi connectivity index (χ3v) is 3.32. The Balaban J connectivity index is 0.00000180. The lowest BCUT2D eigenvalue weighted by molar-refractivity contribution is -0.384. The molecule has 114 valence electrons. The van der Waals surface area contributed by atoms with Crippen molar-refractivity contribution in [3.63, 3.8) is 0 Å². The van der Waals surface area contributed by atoms with Crippen molar-refractivity contribution in [3.05, 3.63) is 39.9 Å². The number of non-ortho nitro benzene ring substituents is 1. The average Bonchev–Trinajstić information content (AvgIpc) is 2.37. The average molecular weight is 322 g/mol. The number of nitro groups is 1. The predicted octanol–water partition coefficient (Wildman–Crippen LogP) is 2.27. The van der Waals surface area contributed by atoms with Crippen molar-refractivity contribution in [2.75, 3.05) is 26.2 Å². The van der Waals surface area contributed by atoms with Crippen molar-refractivity contribution in [1.29, 1.82) is 0 Å². The summed E-state index contributed by atoms with van der Waals surface area (Å²) in [7, 11) is 0. The highest BCUT2D eigenvalue weighted by Crippen LogP contribution is 2.12. The third kappa shape index (κ3) is 5.63. The molecule has 0 amide bonds. The van der Waals surface area contributed by atoms with Gasteiger partial charge < -0.3 is 10.2 Å². The summed E-state index contributed by atoms with van der Waals surface area (Å²) < 4.78 is 0. The molecule has 1 aliphatic heterocycles. The summed E-state index contributed by atoms with van der Waals surface area (Å²) in [5.41, 5.74) is 1.32. The fourth-order valence-corrected chi connectivity index (χ4v) is 2.29. The van der Waals surface area contributed by atoms with Gasteiger partial charge in [0.2, 0.25) is 0 Å². The molecule has 1 aromatic carbocycles. The molecule has 1 fully saturated rings. The van der Waals surface area contributed by atoms with Crippen LogP contribution in [-0.4, -0.2) is 42.0 Å². The molecule has 1 atom stereocenters. The van der Waals surface area contributed by atoms with E-state index in [1.165, 1.54) is 0 Å². The zero-order valence-electron chi connectivity index (χ0n) is 11.4. The van der Waals surface area contributed by atoms with Gasteiger partial charge in [0.1, 0.15) is 0 Å². The molecule has 0 saturated carbocycles. The van der Waals surface area contributed by atoms with Crippen molar-refractivity contribution < 1.29 is 4.92 Å². The molecule has 2 rings (SSSR count). The van der Waals surface area contributed by atoms with Crippen LogP contribution in [0, 0.1) is 10.1 Å². The van der Waals surface area contributed by atoms with Gasteiger partial charge in [-0.15, -0.1) is 24.8 Å². The van der Waals surface area contributed by atoms with Crippen LogP contribution in [0.15, 0.2) is 24.3 Å². The highest BCUT2D eigenvalue weighted by molar-refractivity contribution is 5.85. The quantitative estimate of drug-likeness (QED) is 0.682. The summed E-state index contributed by atoms with van der Waals surface area (Å²) >= 11 is 0. The van der Waals surface area contributed by atoms with Gasteiger partial charge in [0.15, 0.2) is 0 Å². The van der Waals surface area contributed by atoms with E-state index >= 15 is 0 Å². The van der Waals surface area contributed by atoms with Crippen molar-refractivity contribution in [2.45, 2.75) is 19.4 Å². The monoisotopic (exact) mass is 321 g/mol. The number of nitrogens with one attached hydrogen (secondary N) is 1. The highest BCUT2D eigenvalue weighted by Gasteiger charge is 2.14. The van der Waals surface area contributed by atoms with Gasteiger partial charge in [-0.05, 0) is 18.9 Å². The Morgan fingerprint density at radius 2 is 2.00 bits per heavy atom. The number of hydrogen-bond acceptors (Lipinski definition) is 4. The number of rotatable bonds is 4. The van der Waals surface area contributed by atoms with Gasteiger partial charge in [-0.3, -0.25) is 10.1 Å². The SMILES string of the molecule is C[C@@H]1CN(CCc2ccc([N+](=O)[O-])cc2)CCN1.Cl.Cl. The molecule has 1 saturated heterocycles. The van der Waals surface area contributed by atoms with Crippen LogP contribution in [-0.2, 0) is 6.42 Å².